The number of amides is 1. The molecule has 0 heterocycles. The molecule has 1 N–H and O–H groups in total. The summed E-state index contributed by atoms with van der Waals surface area (Å²) in [7, 11) is 0. The number of rotatable bonds is 6. The monoisotopic (exact) mass is 381 g/mol. The molecule has 0 aromatic heterocycles. The first-order valence-corrected chi connectivity index (χ1v) is 8.50. The van der Waals surface area contributed by atoms with Crippen LogP contribution in [0.3, 0.4) is 0 Å². The van der Waals surface area contributed by atoms with Gasteiger partial charge >= 0.3 is 6.61 Å². The molecule has 0 aliphatic carbocycles. The third-order valence-corrected chi connectivity index (χ3v) is 4.02. The van der Waals surface area contributed by atoms with Crippen molar-refractivity contribution in [3.05, 3.63) is 77.9 Å². The Bertz CT molecular complexity index is 1060. The van der Waals surface area contributed by atoms with E-state index in [2.05, 4.69) is 10.1 Å². The van der Waals surface area contributed by atoms with Gasteiger partial charge in [0, 0.05) is 23.7 Å². The average Bonchev–Trinajstić information content (AvgIpc) is 2.66. The van der Waals surface area contributed by atoms with Crippen LogP contribution in [-0.4, -0.2) is 18.3 Å². The van der Waals surface area contributed by atoms with Crippen molar-refractivity contribution in [3.63, 3.8) is 0 Å². The van der Waals surface area contributed by atoms with Crippen LogP contribution in [0.5, 0.6) is 5.75 Å². The number of alkyl halides is 2. The van der Waals surface area contributed by atoms with Gasteiger partial charge < -0.3 is 10.1 Å². The molecular weight excluding hydrogens is 364 g/mol. The number of hydrogen-bond donors (Lipinski definition) is 1. The van der Waals surface area contributed by atoms with Crippen LogP contribution in [-0.2, 0) is 4.79 Å². The van der Waals surface area contributed by atoms with Crippen LogP contribution in [0.25, 0.3) is 16.8 Å². The third kappa shape index (κ3) is 4.59. The Morgan fingerprint density at radius 3 is 2.57 bits per heavy atom. The summed E-state index contributed by atoms with van der Waals surface area (Å²) in [6.45, 7) is -1.60. The Kier molecular flexibility index (Phi) is 5.79. The van der Waals surface area contributed by atoms with Crippen molar-refractivity contribution in [2.24, 2.45) is 0 Å². The first kappa shape index (κ1) is 19.2. The van der Waals surface area contributed by atoms with Gasteiger partial charge in [-0.15, -0.1) is 0 Å². The fraction of sp³-hybridized carbons (Fsp3) is 0.0909. The minimum Gasteiger partial charge on any atom is -0.434 e. The van der Waals surface area contributed by atoms with Crippen molar-refractivity contribution in [1.29, 1.82) is 0 Å². The Labute approximate surface area is 160 Å². The van der Waals surface area contributed by atoms with Crippen LogP contribution >= 0.6 is 0 Å². The fourth-order valence-electron chi connectivity index (χ4n) is 2.85. The van der Waals surface area contributed by atoms with Crippen molar-refractivity contribution in [2.75, 3.05) is 5.32 Å². The summed E-state index contributed by atoms with van der Waals surface area (Å²) in [5.74, 6) is -0.586. The minimum absolute atomic E-state index is 0.00949. The molecule has 3 aromatic carbocycles. The summed E-state index contributed by atoms with van der Waals surface area (Å²) in [4.78, 5) is 23.7. The zero-order chi connectivity index (χ0) is 20.1. The molecule has 142 valence electrons. The van der Waals surface area contributed by atoms with Crippen LogP contribution < -0.4 is 10.1 Å². The lowest BCUT2D eigenvalue weighted by molar-refractivity contribution is -0.114. The van der Waals surface area contributed by atoms with Crippen molar-refractivity contribution in [1.82, 2.24) is 0 Å². The number of halogens is 2. The van der Waals surface area contributed by atoms with E-state index in [1.807, 2.05) is 12.1 Å². The third-order valence-electron chi connectivity index (χ3n) is 4.02. The molecule has 0 bridgehead atoms. The van der Waals surface area contributed by atoms with Crippen LogP contribution in [0, 0.1) is 0 Å². The van der Waals surface area contributed by atoms with Crippen molar-refractivity contribution in [2.45, 2.75) is 13.5 Å². The lowest BCUT2D eigenvalue weighted by Crippen LogP contribution is -2.06. The Hall–Kier alpha value is -3.54. The molecule has 0 spiro atoms. The highest BCUT2D eigenvalue weighted by Gasteiger charge is 2.12. The summed E-state index contributed by atoms with van der Waals surface area (Å²) < 4.78 is 30.1. The zero-order valence-electron chi connectivity index (χ0n) is 15.0. The summed E-state index contributed by atoms with van der Waals surface area (Å²) in [5.41, 5.74) is 1.25. The smallest absolute Gasteiger partial charge is 0.387 e. The van der Waals surface area contributed by atoms with Gasteiger partial charge in [0.2, 0.25) is 5.91 Å². The molecule has 0 saturated heterocycles. The van der Waals surface area contributed by atoms with E-state index < -0.39 is 6.61 Å². The summed E-state index contributed by atoms with van der Waals surface area (Å²) in [6.07, 6.45) is 2.76. The second-order valence-electron chi connectivity index (χ2n) is 6.04. The van der Waals surface area contributed by atoms with E-state index in [1.165, 1.54) is 25.1 Å². The highest BCUT2D eigenvalue weighted by molar-refractivity contribution is 6.09. The predicted octanol–water partition coefficient (Wildman–Crippen LogP) is 5.30. The summed E-state index contributed by atoms with van der Waals surface area (Å²) in [6, 6.07) is 16.8. The number of benzene rings is 3. The molecule has 4 nitrogen and oxygen atoms in total. The highest BCUT2D eigenvalue weighted by Crippen LogP contribution is 2.30. The normalized spacial score (nSPS) is 11.1. The molecule has 0 aliphatic rings. The average molecular weight is 381 g/mol. The quantitative estimate of drug-likeness (QED) is 0.466. The maximum atomic E-state index is 12.8. The number of allylic oxidation sites excluding steroid dienone is 1. The molecule has 0 unspecified atom stereocenters. The Morgan fingerprint density at radius 2 is 1.82 bits per heavy atom. The first-order chi connectivity index (χ1) is 13.4. The number of carbonyl (C=O) groups excluding carboxylic acids is 2. The van der Waals surface area contributed by atoms with E-state index in [-0.39, 0.29) is 17.4 Å². The molecule has 0 fully saturated rings. The van der Waals surface area contributed by atoms with Crippen molar-refractivity contribution in [3.8, 4) is 5.75 Å². The number of ether oxygens (including phenoxy) is 1. The molecule has 28 heavy (non-hydrogen) atoms. The van der Waals surface area contributed by atoms with Crippen LogP contribution in [0.2, 0.25) is 0 Å². The SMILES string of the molecule is CC(=O)Nc1cccc(C(=O)/C=C/c2c(OC(F)F)ccc3ccccc23)c1. The molecule has 0 aliphatic heterocycles. The van der Waals surface area contributed by atoms with Gasteiger partial charge in [0.05, 0.1) is 0 Å². The molecule has 3 aromatic rings. The zero-order valence-corrected chi connectivity index (χ0v) is 15.0. The van der Waals surface area contributed by atoms with Gasteiger partial charge in [-0.1, -0.05) is 42.5 Å². The fourth-order valence-corrected chi connectivity index (χ4v) is 2.85. The van der Waals surface area contributed by atoms with E-state index in [4.69, 9.17) is 0 Å². The van der Waals surface area contributed by atoms with Gasteiger partial charge in [-0.2, -0.15) is 8.78 Å². The Balaban J connectivity index is 1.96. The molecule has 0 radical (unpaired) electrons. The van der Waals surface area contributed by atoms with Gasteiger partial charge in [0.25, 0.3) is 0 Å². The second kappa shape index (κ2) is 8.43. The van der Waals surface area contributed by atoms with E-state index in [0.717, 1.165) is 5.39 Å². The highest BCUT2D eigenvalue weighted by atomic mass is 19.3. The molecule has 1 amide bonds. The van der Waals surface area contributed by atoms with E-state index >= 15 is 0 Å². The first-order valence-electron chi connectivity index (χ1n) is 8.50. The lowest BCUT2D eigenvalue weighted by atomic mass is 10.0. The largest absolute Gasteiger partial charge is 0.434 e. The summed E-state index contributed by atoms with van der Waals surface area (Å²) in [5, 5.41) is 4.14. The second-order valence-corrected chi connectivity index (χ2v) is 6.04. The molecule has 3 rings (SSSR count). The molecule has 0 atom stereocenters. The van der Waals surface area contributed by atoms with Gasteiger partial charge in [-0.25, -0.2) is 0 Å². The van der Waals surface area contributed by atoms with Gasteiger partial charge in [0.1, 0.15) is 5.75 Å². The van der Waals surface area contributed by atoms with Crippen LogP contribution in [0.15, 0.2) is 66.7 Å². The minimum atomic E-state index is -2.97. The molecular formula is C22H17F2NO3. The predicted molar refractivity (Wildman–Crippen MR) is 105 cm³/mol. The number of fused-ring (bicyclic) bond motifs is 1. The number of nitrogens with one attached hydrogen (secondary N) is 1. The number of hydrogen-bond acceptors (Lipinski definition) is 3. The number of anilines is 1. The maximum absolute atomic E-state index is 12.8. The summed E-state index contributed by atoms with van der Waals surface area (Å²) >= 11 is 0. The lowest BCUT2D eigenvalue weighted by Gasteiger charge is -2.11. The van der Waals surface area contributed by atoms with Crippen LogP contribution in [0.4, 0.5) is 14.5 Å². The van der Waals surface area contributed by atoms with Gasteiger partial charge in [0.15, 0.2) is 5.78 Å². The van der Waals surface area contributed by atoms with E-state index in [9.17, 15) is 18.4 Å². The topological polar surface area (TPSA) is 55.4 Å². The standard InChI is InChI=1S/C22H17F2NO3/c1-14(26)25-17-7-4-6-16(13-17)20(27)11-10-19-18-8-3-2-5-15(18)9-12-21(19)28-22(23)24/h2-13,22H,1H3,(H,25,26)/b11-10+. The molecule has 0 saturated carbocycles. The number of ketones is 1. The Morgan fingerprint density at radius 1 is 1.04 bits per heavy atom. The number of carbonyl (C=O) groups is 2. The van der Waals surface area contributed by atoms with Gasteiger partial charge in [-0.05, 0) is 41.1 Å². The maximum Gasteiger partial charge on any atom is 0.387 e. The van der Waals surface area contributed by atoms with Crippen LogP contribution in [0.1, 0.15) is 22.8 Å². The van der Waals surface area contributed by atoms with Crippen molar-refractivity contribution >= 4 is 34.2 Å². The van der Waals surface area contributed by atoms with Crippen molar-refractivity contribution < 1.29 is 23.1 Å². The van der Waals surface area contributed by atoms with E-state index in [0.29, 0.717) is 22.2 Å². The molecule has 6 heteroatoms. The van der Waals surface area contributed by atoms with Gasteiger partial charge in [-0.3, -0.25) is 9.59 Å². The van der Waals surface area contributed by atoms with E-state index in [1.54, 1.807) is 42.5 Å².